The van der Waals surface area contributed by atoms with Crippen molar-refractivity contribution in [2.24, 2.45) is 0 Å². The van der Waals surface area contributed by atoms with Gasteiger partial charge in [0.15, 0.2) is 0 Å². The molecule has 0 heterocycles. The van der Waals surface area contributed by atoms with Gasteiger partial charge in [0.1, 0.15) is 5.75 Å². The molecule has 1 aromatic rings. The molecule has 0 radical (unpaired) electrons. The van der Waals surface area contributed by atoms with E-state index in [4.69, 9.17) is 9.47 Å². The fourth-order valence-corrected chi connectivity index (χ4v) is 1.41. The van der Waals surface area contributed by atoms with Crippen molar-refractivity contribution >= 4 is 0 Å². The topological polar surface area (TPSA) is 30.5 Å². The molecule has 0 saturated heterocycles. The Hall–Kier alpha value is -1.06. The molecule has 0 aliphatic carbocycles. The molecule has 0 saturated carbocycles. The fraction of sp³-hybridized carbons (Fsp3) is 0.538. The van der Waals surface area contributed by atoms with Gasteiger partial charge < -0.3 is 14.8 Å². The minimum atomic E-state index is 0.762. The summed E-state index contributed by atoms with van der Waals surface area (Å²) < 4.78 is 10.6. The van der Waals surface area contributed by atoms with E-state index in [1.54, 1.807) is 7.11 Å². The Bertz CT molecular complexity index is 272. The maximum Gasteiger partial charge on any atom is 0.119 e. The molecule has 1 N–H and O–H groups in total. The first-order chi connectivity index (χ1) is 7.86. The molecule has 0 aliphatic heterocycles. The molecule has 0 bridgehead atoms. The second-order valence-electron chi connectivity index (χ2n) is 3.69. The van der Waals surface area contributed by atoms with Gasteiger partial charge in [0.05, 0.1) is 13.2 Å². The Labute approximate surface area is 97.8 Å². The number of methoxy groups -OCH3 is 1. The lowest BCUT2D eigenvalue weighted by molar-refractivity contribution is 0.202. The largest absolute Gasteiger partial charge is 0.494 e. The first-order valence-electron chi connectivity index (χ1n) is 5.72. The van der Waals surface area contributed by atoms with Crippen LogP contribution in [0.1, 0.15) is 12.0 Å². The molecule has 0 fully saturated rings. The Morgan fingerprint density at radius 1 is 1.12 bits per heavy atom. The monoisotopic (exact) mass is 223 g/mol. The van der Waals surface area contributed by atoms with E-state index in [0.717, 1.165) is 38.3 Å². The van der Waals surface area contributed by atoms with Crippen molar-refractivity contribution in [2.45, 2.75) is 12.8 Å². The van der Waals surface area contributed by atoms with Gasteiger partial charge in [0, 0.05) is 7.11 Å². The molecule has 1 rings (SSSR count). The number of nitrogens with one attached hydrogen (secondary N) is 1. The van der Waals surface area contributed by atoms with E-state index in [1.165, 1.54) is 5.56 Å². The SMILES string of the molecule is CNCCCOc1ccc(CCOC)cc1. The summed E-state index contributed by atoms with van der Waals surface area (Å²) >= 11 is 0. The average Bonchev–Trinajstić information content (AvgIpc) is 2.33. The molecule has 3 nitrogen and oxygen atoms in total. The van der Waals surface area contributed by atoms with Gasteiger partial charge >= 0.3 is 0 Å². The molecule has 0 unspecified atom stereocenters. The lowest BCUT2D eigenvalue weighted by atomic mass is 10.1. The van der Waals surface area contributed by atoms with Gasteiger partial charge in [-0.3, -0.25) is 0 Å². The minimum Gasteiger partial charge on any atom is -0.494 e. The van der Waals surface area contributed by atoms with E-state index in [0.29, 0.717) is 0 Å². The molecular formula is C13H21NO2. The molecule has 90 valence electrons. The highest BCUT2D eigenvalue weighted by Crippen LogP contribution is 2.12. The second-order valence-corrected chi connectivity index (χ2v) is 3.69. The summed E-state index contributed by atoms with van der Waals surface area (Å²) in [6.45, 7) is 2.52. The van der Waals surface area contributed by atoms with Crippen molar-refractivity contribution in [1.29, 1.82) is 0 Å². The van der Waals surface area contributed by atoms with Crippen molar-refractivity contribution in [1.82, 2.24) is 5.32 Å². The van der Waals surface area contributed by atoms with Gasteiger partial charge in [-0.15, -0.1) is 0 Å². The summed E-state index contributed by atoms with van der Waals surface area (Å²) in [4.78, 5) is 0. The van der Waals surface area contributed by atoms with Gasteiger partial charge in [-0.05, 0) is 44.1 Å². The zero-order valence-corrected chi connectivity index (χ0v) is 10.2. The summed E-state index contributed by atoms with van der Waals surface area (Å²) in [5.74, 6) is 0.942. The molecule has 1 aromatic carbocycles. The summed E-state index contributed by atoms with van der Waals surface area (Å²) in [6.07, 6.45) is 1.98. The fourth-order valence-electron chi connectivity index (χ4n) is 1.41. The average molecular weight is 223 g/mol. The first kappa shape index (κ1) is 13.0. The zero-order valence-electron chi connectivity index (χ0n) is 10.2. The first-order valence-corrected chi connectivity index (χ1v) is 5.72. The summed E-state index contributed by atoms with van der Waals surface area (Å²) in [6, 6.07) is 8.22. The molecule has 0 atom stereocenters. The Morgan fingerprint density at radius 2 is 1.88 bits per heavy atom. The van der Waals surface area contributed by atoms with Crippen LogP contribution in [0.25, 0.3) is 0 Å². The highest BCUT2D eigenvalue weighted by molar-refractivity contribution is 5.27. The molecule has 16 heavy (non-hydrogen) atoms. The highest BCUT2D eigenvalue weighted by atomic mass is 16.5. The Kier molecular flexibility index (Phi) is 6.61. The van der Waals surface area contributed by atoms with E-state index in [1.807, 2.05) is 19.2 Å². The van der Waals surface area contributed by atoms with E-state index in [-0.39, 0.29) is 0 Å². The van der Waals surface area contributed by atoms with Gasteiger partial charge in [-0.1, -0.05) is 12.1 Å². The minimum absolute atomic E-state index is 0.762. The van der Waals surface area contributed by atoms with Crippen LogP contribution in [0, 0.1) is 0 Å². The standard InChI is InChI=1S/C13H21NO2/c1-14-9-3-10-16-13-6-4-12(5-7-13)8-11-15-2/h4-7,14H,3,8-11H2,1-2H3. The lowest BCUT2D eigenvalue weighted by Crippen LogP contribution is -2.11. The van der Waals surface area contributed by atoms with Gasteiger partial charge in [-0.25, -0.2) is 0 Å². The number of benzene rings is 1. The van der Waals surface area contributed by atoms with Crippen LogP contribution in [0.4, 0.5) is 0 Å². The third-order valence-corrected chi connectivity index (χ3v) is 2.36. The summed E-state index contributed by atoms with van der Waals surface area (Å²) in [5, 5.41) is 3.09. The number of hydrogen-bond donors (Lipinski definition) is 1. The smallest absolute Gasteiger partial charge is 0.119 e. The van der Waals surface area contributed by atoms with Crippen molar-refractivity contribution in [3.8, 4) is 5.75 Å². The number of ether oxygens (including phenoxy) is 2. The molecule has 0 amide bonds. The van der Waals surface area contributed by atoms with E-state index >= 15 is 0 Å². The molecule has 0 aromatic heterocycles. The van der Waals surface area contributed by atoms with Crippen molar-refractivity contribution in [3.63, 3.8) is 0 Å². The predicted molar refractivity (Wildman–Crippen MR) is 66.1 cm³/mol. The second kappa shape index (κ2) is 8.13. The summed E-state index contributed by atoms with van der Waals surface area (Å²) in [7, 11) is 3.67. The van der Waals surface area contributed by atoms with E-state index in [9.17, 15) is 0 Å². The molecule has 3 heteroatoms. The third kappa shape index (κ3) is 5.14. The van der Waals surface area contributed by atoms with Crippen molar-refractivity contribution in [2.75, 3.05) is 33.9 Å². The molecule has 0 aliphatic rings. The maximum absolute atomic E-state index is 5.60. The van der Waals surface area contributed by atoms with Crippen LogP contribution in [0.2, 0.25) is 0 Å². The van der Waals surface area contributed by atoms with Gasteiger partial charge in [0.2, 0.25) is 0 Å². The number of hydrogen-bond acceptors (Lipinski definition) is 3. The third-order valence-electron chi connectivity index (χ3n) is 2.36. The van der Waals surface area contributed by atoms with Crippen LogP contribution >= 0.6 is 0 Å². The maximum atomic E-state index is 5.60. The lowest BCUT2D eigenvalue weighted by Gasteiger charge is -2.07. The Balaban J connectivity index is 2.27. The quantitative estimate of drug-likeness (QED) is 0.682. The summed E-state index contributed by atoms with van der Waals surface area (Å²) in [5.41, 5.74) is 1.28. The van der Waals surface area contributed by atoms with Crippen LogP contribution in [-0.2, 0) is 11.2 Å². The van der Waals surface area contributed by atoms with Crippen LogP contribution in [0.15, 0.2) is 24.3 Å². The van der Waals surface area contributed by atoms with E-state index in [2.05, 4.69) is 17.4 Å². The van der Waals surface area contributed by atoms with Crippen LogP contribution < -0.4 is 10.1 Å². The van der Waals surface area contributed by atoms with Gasteiger partial charge in [-0.2, -0.15) is 0 Å². The predicted octanol–water partition coefficient (Wildman–Crippen LogP) is 1.86. The molecular weight excluding hydrogens is 202 g/mol. The molecule has 0 spiro atoms. The normalized spacial score (nSPS) is 10.4. The van der Waals surface area contributed by atoms with Crippen LogP contribution in [0.5, 0.6) is 5.75 Å². The van der Waals surface area contributed by atoms with E-state index < -0.39 is 0 Å². The van der Waals surface area contributed by atoms with Crippen molar-refractivity contribution < 1.29 is 9.47 Å². The van der Waals surface area contributed by atoms with Crippen molar-refractivity contribution in [3.05, 3.63) is 29.8 Å². The number of rotatable bonds is 8. The zero-order chi connectivity index (χ0) is 11.6. The van der Waals surface area contributed by atoms with Crippen LogP contribution in [-0.4, -0.2) is 33.9 Å². The van der Waals surface area contributed by atoms with Crippen LogP contribution in [0.3, 0.4) is 0 Å². The Morgan fingerprint density at radius 3 is 2.50 bits per heavy atom. The van der Waals surface area contributed by atoms with Gasteiger partial charge in [0.25, 0.3) is 0 Å². The highest BCUT2D eigenvalue weighted by Gasteiger charge is 1.95.